The van der Waals surface area contributed by atoms with Gasteiger partial charge in [-0.2, -0.15) is 0 Å². The van der Waals surface area contributed by atoms with Crippen molar-refractivity contribution in [1.29, 1.82) is 0 Å². The first-order valence-corrected chi connectivity index (χ1v) is 7.67. The Morgan fingerprint density at radius 1 is 1.35 bits per heavy atom. The zero-order chi connectivity index (χ0) is 15.7. The fourth-order valence-electron chi connectivity index (χ4n) is 3.43. The lowest BCUT2D eigenvalue weighted by molar-refractivity contribution is -0.385. The number of aryl methyl sites for hydroxylation is 1. The van der Waals surface area contributed by atoms with Gasteiger partial charge in [0.2, 0.25) is 0 Å². The number of carbonyl (C=O) groups excluding carboxylic acids is 1. The number of pyridine rings is 1. The molecule has 0 aromatic carbocycles. The highest BCUT2D eigenvalue weighted by molar-refractivity contribution is 5.95. The summed E-state index contributed by atoms with van der Waals surface area (Å²) in [4.78, 5) is 28.9. The van der Waals surface area contributed by atoms with Crippen LogP contribution in [0.2, 0.25) is 0 Å². The van der Waals surface area contributed by atoms with Crippen LogP contribution in [-0.2, 0) is 0 Å². The molecule has 0 saturated carbocycles. The highest BCUT2D eigenvalue weighted by Crippen LogP contribution is 2.28. The summed E-state index contributed by atoms with van der Waals surface area (Å²) in [6, 6.07) is 1.35. The number of hydrogen-bond acceptors (Lipinski definition) is 5. The molecule has 0 radical (unpaired) electrons. The standard InChI is InChI=1S/C15H20N4O3.ClH/c1-10-14(6-13(9-17-10)19(21)22)15(20)18-4-2-11-7-16-8-12(11)3-5-18;/h6,9,11-12,16H,2-5,7-8H2,1H3;1H/t11-,12+;. The van der Waals surface area contributed by atoms with Crippen molar-refractivity contribution in [3.05, 3.63) is 33.6 Å². The number of hydrogen-bond donors (Lipinski definition) is 1. The van der Waals surface area contributed by atoms with Gasteiger partial charge in [0.1, 0.15) is 6.20 Å². The van der Waals surface area contributed by atoms with Gasteiger partial charge in [-0.25, -0.2) is 0 Å². The van der Waals surface area contributed by atoms with Gasteiger partial charge in [-0.15, -0.1) is 12.4 Å². The fourth-order valence-corrected chi connectivity index (χ4v) is 3.43. The molecule has 0 bridgehead atoms. The molecule has 1 aromatic rings. The molecule has 8 heteroatoms. The third-order valence-electron chi connectivity index (χ3n) is 4.82. The number of aromatic nitrogens is 1. The number of likely N-dealkylation sites (tertiary alicyclic amines) is 1. The zero-order valence-corrected chi connectivity index (χ0v) is 13.8. The predicted molar refractivity (Wildman–Crippen MR) is 87.9 cm³/mol. The van der Waals surface area contributed by atoms with Crippen molar-refractivity contribution in [1.82, 2.24) is 15.2 Å². The van der Waals surface area contributed by atoms with Crippen molar-refractivity contribution >= 4 is 24.0 Å². The van der Waals surface area contributed by atoms with Crippen LogP contribution in [0.25, 0.3) is 0 Å². The molecule has 2 saturated heterocycles. The molecule has 7 nitrogen and oxygen atoms in total. The first-order valence-electron chi connectivity index (χ1n) is 7.67. The summed E-state index contributed by atoms with van der Waals surface area (Å²) in [5, 5.41) is 14.3. The molecule has 2 fully saturated rings. The Morgan fingerprint density at radius 2 is 1.96 bits per heavy atom. The highest BCUT2D eigenvalue weighted by atomic mass is 35.5. The zero-order valence-electron chi connectivity index (χ0n) is 13.0. The maximum atomic E-state index is 12.7. The Morgan fingerprint density at radius 3 is 2.52 bits per heavy atom. The molecule has 2 aliphatic heterocycles. The van der Waals surface area contributed by atoms with Crippen LogP contribution in [0.3, 0.4) is 0 Å². The smallest absolute Gasteiger partial charge is 0.288 e. The van der Waals surface area contributed by atoms with Crippen molar-refractivity contribution in [3.8, 4) is 0 Å². The minimum Gasteiger partial charge on any atom is -0.339 e. The average Bonchev–Trinajstić information content (AvgIpc) is 2.85. The summed E-state index contributed by atoms with van der Waals surface area (Å²) < 4.78 is 0. The van der Waals surface area contributed by atoms with Gasteiger partial charge in [-0.05, 0) is 44.7 Å². The van der Waals surface area contributed by atoms with Crippen LogP contribution < -0.4 is 5.32 Å². The van der Waals surface area contributed by atoms with Crippen LogP contribution in [-0.4, -0.2) is 46.9 Å². The summed E-state index contributed by atoms with van der Waals surface area (Å²) in [7, 11) is 0. The van der Waals surface area contributed by atoms with Crippen molar-refractivity contribution in [2.45, 2.75) is 19.8 Å². The van der Waals surface area contributed by atoms with Crippen molar-refractivity contribution in [2.75, 3.05) is 26.2 Å². The minimum atomic E-state index is -0.512. The van der Waals surface area contributed by atoms with Gasteiger partial charge in [-0.3, -0.25) is 19.9 Å². The van der Waals surface area contributed by atoms with Gasteiger partial charge in [0.15, 0.2) is 0 Å². The molecule has 0 unspecified atom stereocenters. The Balaban J connectivity index is 0.00000192. The van der Waals surface area contributed by atoms with E-state index in [1.807, 2.05) is 4.90 Å². The summed E-state index contributed by atoms with van der Waals surface area (Å²) in [5.41, 5.74) is 0.755. The quantitative estimate of drug-likeness (QED) is 0.655. The number of carbonyl (C=O) groups is 1. The number of halogens is 1. The van der Waals surface area contributed by atoms with E-state index in [2.05, 4.69) is 10.3 Å². The molecular formula is C15H21ClN4O3. The van der Waals surface area contributed by atoms with Gasteiger partial charge >= 0.3 is 0 Å². The van der Waals surface area contributed by atoms with Gasteiger partial charge in [-0.1, -0.05) is 0 Å². The number of rotatable bonds is 2. The van der Waals surface area contributed by atoms with E-state index < -0.39 is 4.92 Å². The van der Waals surface area contributed by atoms with Crippen LogP contribution in [0.15, 0.2) is 12.3 Å². The monoisotopic (exact) mass is 340 g/mol. The van der Waals surface area contributed by atoms with Crippen molar-refractivity contribution < 1.29 is 9.72 Å². The molecule has 2 atom stereocenters. The maximum absolute atomic E-state index is 12.7. The van der Waals surface area contributed by atoms with Crippen molar-refractivity contribution in [3.63, 3.8) is 0 Å². The molecule has 2 aliphatic rings. The van der Waals surface area contributed by atoms with E-state index in [0.717, 1.165) is 25.9 Å². The first kappa shape index (κ1) is 17.6. The topological polar surface area (TPSA) is 88.4 Å². The van der Waals surface area contributed by atoms with E-state index >= 15 is 0 Å². The molecule has 3 heterocycles. The van der Waals surface area contributed by atoms with Crippen LogP contribution in [0.5, 0.6) is 0 Å². The SMILES string of the molecule is Cc1ncc([N+](=O)[O-])cc1C(=O)N1CC[C@@H]2CNC[C@@H]2CC1.Cl. The average molecular weight is 341 g/mol. The second kappa shape index (κ2) is 7.23. The van der Waals surface area contributed by atoms with Crippen molar-refractivity contribution in [2.24, 2.45) is 11.8 Å². The molecule has 3 rings (SSSR count). The van der Waals surface area contributed by atoms with Gasteiger partial charge < -0.3 is 10.2 Å². The Bertz CT molecular complexity index is 596. The number of amides is 1. The summed E-state index contributed by atoms with van der Waals surface area (Å²) in [6.07, 6.45) is 3.18. The second-order valence-corrected chi connectivity index (χ2v) is 6.13. The minimum absolute atomic E-state index is 0. The second-order valence-electron chi connectivity index (χ2n) is 6.13. The van der Waals surface area contributed by atoms with Gasteiger partial charge in [0, 0.05) is 19.2 Å². The number of nitrogens with one attached hydrogen (secondary N) is 1. The lowest BCUT2D eigenvalue weighted by Crippen LogP contribution is -2.33. The normalized spacial score (nSPS) is 23.6. The third kappa shape index (κ3) is 3.61. The fraction of sp³-hybridized carbons (Fsp3) is 0.600. The van der Waals surface area contributed by atoms with Crippen LogP contribution in [0.1, 0.15) is 28.9 Å². The van der Waals surface area contributed by atoms with Crippen LogP contribution in [0.4, 0.5) is 5.69 Å². The number of nitro groups is 1. The number of nitrogens with zero attached hydrogens (tertiary/aromatic N) is 3. The van der Waals surface area contributed by atoms with E-state index in [-0.39, 0.29) is 24.0 Å². The summed E-state index contributed by atoms with van der Waals surface area (Å²) in [5.74, 6) is 1.14. The lowest BCUT2D eigenvalue weighted by Gasteiger charge is -2.21. The predicted octanol–water partition coefficient (Wildman–Crippen LogP) is 1.79. The summed E-state index contributed by atoms with van der Waals surface area (Å²) >= 11 is 0. The molecule has 0 aliphatic carbocycles. The third-order valence-corrected chi connectivity index (χ3v) is 4.82. The molecule has 1 amide bonds. The molecule has 0 spiro atoms. The molecular weight excluding hydrogens is 320 g/mol. The number of fused-ring (bicyclic) bond motifs is 1. The van der Waals surface area contributed by atoms with E-state index in [9.17, 15) is 14.9 Å². The highest BCUT2D eigenvalue weighted by Gasteiger charge is 2.32. The molecule has 23 heavy (non-hydrogen) atoms. The van der Waals surface area contributed by atoms with Crippen LogP contribution in [0, 0.1) is 28.9 Å². The summed E-state index contributed by atoms with van der Waals surface area (Å²) in [6.45, 7) is 5.20. The molecule has 126 valence electrons. The van der Waals surface area contributed by atoms with Crippen LogP contribution >= 0.6 is 12.4 Å². The lowest BCUT2D eigenvalue weighted by atomic mass is 9.92. The molecule has 1 aromatic heterocycles. The van der Waals surface area contributed by atoms with E-state index in [1.165, 1.54) is 12.3 Å². The van der Waals surface area contributed by atoms with Gasteiger partial charge in [0.25, 0.3) is 11.6 Å². The first-order chi connectivity index (χ1) is 10.6. The van der Waals surface area contributed by atoms with E-state index in [0.29, 0.717) is 36.2 Å². The van der Waals surface area contributed by atoms with E-state index in [4.69, 9.17) is 0 Å². The van der Waals surface area contributed by atoms with Gasteiger partial charge in [0.05, 0.1) is 16.2 Å². The Hall–Kier alpha value is -1.73. The Labute approximate surface area is 141 Å². The maximum Gasteiger partial charge on any atom is 0.288 e. The Kier molecular flexibility index (Phi) is 5.54. The van der Waals surface area contributed by atoms with E-state index in [1.54, 1.807) is 6.92 Å². The largest absolute Gasteiger partial charge is 0.339 e. The molecule has 1 N–H and O–H groups in total.